The summed E-state index contributed by atoms with van der Waals surface area (Å²) in [6, 6.07) is 3.96. The molecule has 1 saturated heterocycles. The number of likely N-dealkylation sites (tertiary alicyclic amines) is 1. The zero-order valence-corrected chi connectivity index (χ0v) is 11.4. The number of benzene rings is 1. The van der Waals surface area contributed by atoms with Crippen LogP contribution in [0.2, 0.25) is 0 Å². The normalized spacial score (nSPS) is 23.6. The van der Waals surface area contributed by atoms with Crippen molar-refractivity contribution in [3.05, 3.63) is 40.1 Å². The molecule has 6 heteroatoms. The van der Waals surface area contributed by atoms with E-state index in [-0.39, 0.29) is 17.4 Å². The molecule has 1 aromatic carbocycles. The van der Waals surface area contributed by atoms with Gasteiger partial charge >= 0.3 is 0 Å². The molecule has 0 spiro atoms. The molecule has 1 fully saturated rings. The van der Waals surface area contributed by atoms with Gasteiger partial charge in [0.2, 0.25) is 0 Å². The quantitative estimate of drug-likeness (QED) is 0.849. The van der Waals surface area contributed by atoms with Crippen LogP contribution in [0.5, 0.6) is 0 Å². The standard InChI is InChI=1S/C14H16FN3O2/c1-17-11(5-6-12(17)19)13-14(20)18(2)10-4-3-8(15)7-9(10)16-13/h3-4,7,11-12,19H,5-6H2,1-2H3. The maximum Gasteiger partial charge on any atom is 0.274 e. The van der Waals surface area contributed by atoms with E-state index in [1.807, 2.05) is 0 Å². The molecule has 1 aliphatic heterocycles. The monoisotopic (exact) mass is 277 g/mol. The van der Waals surface area contributed by atoms with E-state index in [0.29, 0.717) is 29.6 Å². The van der Waals surface area contributed by atoms with Gasteiger partial charge in [-0.2, -0.15) is 0 Å². The Morgan fingerprint density at radius 3 is 2.75 bits per heavy atom. The minimum Gasteiger partial charge on any atom is -0.378 e. The predicted molar refractivity (Wildman–Crippen MR) is 72.7 cm³/mol. The van der Waals surface area contributed by atoms with Crippen LogP contribution in [0.15, 0.2) is 23.0 Å². The third-order valence-electron chi connectivity index (χ3n) is 4.04. The number of halogens is 1. The Kier molecular flexibility index (Phi) is 3.07. The molecule has 2 aromatic rings. The van der Waals surface area contributed by atoms with Crippen LogP contribution in [0, 0.1) is 5.82 Å². The van der Waals surface area contributed by atoms with Crippen molar-refractivity contribution in [1.29, 1.82) is 0 Å². The fourth-order valence-corrected chi connectivity index (χ4v) is 2.80. The highest BCUT2D eigenvalue weighted by molar-refractivity contribution is 5.74. The van der Waals surface area contributed by atoms with E-state index < -0.39 is 6.23 Å². The zero-order chi connectivity index (χ0) is 14.4. The zero-order valence-electron chi connectivity index (χ0n) is 11.4. The Morgan fingerprint density at radius 1 is 1.35 bits per heavy atom. The number of aromatic nitrogens is 2. The van der Waals surface area contributed by atoms with E-state index in [9.17, 15) is 14.3 Å². The molecule has 0 bridgehead atoms. The molecule has 0 radical (unpaired) electrons. The third-order valence-corrected chi connectivity index (χ3v) is 4.04. The van der Waals surface area contributed by atoms with Gasteiger partial charge in [-0.05, 0) is 32.0 Å². The summed E-state index contributed by atoms with van der Waals surface area (Å²) in [7, 11) is 3.42. The van der Waals surface area contributed by atoms with Crippen LogP contribution < -0.4 is 5.56 Å². The number of hydrogen-bond donors (Lipinski definition) is 1. The average molecular weight is 277 g/mol. The minimum absolute atomic E-state index is 0.199. The summed E-state index contributed by atoms with van der Waals surface area (Å²) in [5.74, 6) is -0.380. The van der Waals surface area contributed by atoms with E-state index in [1.165, 1.54) is 16.7 Å². The van der Waals surface area contributed by atoms with Gasteiger partial charge in [0.15, 0.2) is 0 Å². The van der Waals surface area contributed by atoms with Gasteiger partial charge in [-0.1, -0.05) is 0 Å². The van der Waals surface area contributed by atoms with Gasteiger partial charge in [0.25, 0.3) is 5.56 Å². The molecule has 106 valence electrons. The molecular weight excluding hydrogens is 261 g/mol. The first-order chi connectivity index (χ1) is 9.49. The molecule has 0 amide bonds. The maximum absolute atomic E-state index is 13.3. The van der Waals surface area contributed by atoms with Crippen molar-refractivity contribution >= 4 is 11.0 Å². The molecule has 0 saturated carbocycles. The van der Waals surface area contributed by atoms with Crippen LogP contribution in [0.3, 0.4) is 0 Å². The molecule has 20 heavy (non-hydrogen) atoms. The van der Waals surface area contributed by atoms with Crippen molar-refractivity contribution < 1.29 is 9.50 Å². The van der Waals surface area contributed by atoms with Gasteiger partial charge in [0.1, 0.15) is 17.7 Å². The topological polar surface area (TPSA) is 58.4 Å². The first kappa shape index (κ1) is 13.2. The summed E-state index contributed by atoms with van der Waals surface area (Å²) < 4.78 is 14.8. The summed E-state index contributed by atoms with van der Waals surface area (Å²) in [5, 5.41) is 9.78. The maximum atomic E-state index is 13.3. The number of rotatable bonds is 1. The van der Waals surface area contributed by atoms with E-state index >= 15 is 0 Å². The van der Waals surface area contributed by atoms with Crippen molar-refractivity contribution in [1.82, 2.24) is 14.5 Å². The lowest BCUT2D eigenvalue weighted by molar-refractivity contribution is 0.0363. The largest absolute Gasteiger partial charge is 0.378 e. The van der Waals surface area contributed by atoms with Crippen molar-refractivity contribution in [2.75, 3.05) is 7.05 Å². The first-order valence-corrected chi connectivity index (χ1v) is 6.55. The lowest BCUT2D eigenvalue weighted by atomic mass is 10.1. The van der Waals surface area contributed by atoms with Crippen LogP contribution in [0.25, 0.3) is 11.0 Å². The van der Waals surface area contributed by atoms with Gasteiger partial charge in [-0.25, -0.2) is 9.37 Å². The molecule has 1 aliphatic rings. The number of aliphatic hydroxyl groups excluding tert-OH is 1. The fraction of sp³-hybridized carbons (Fsp3) is 0.429. The van der Waals surface area contributed by atoms with E-state index in [1.54, 1.807) is 25.1 Å². The van der Waals surface area contributed by atoms with Crippen molar-refractivity contribution in [3.8, 4) is 0 Å². The Bertz CT molecular complexity index is 728. The summed E-state index contributed by atoms with van der Waals surface area (Å²) in [6.07, 6.45) is 0.711. The number of aryl methyl sites for hydroxylation is 1. The summed E-state index contributed by atoms with van der Waals surface area (Å²) in [6.45, 7) is 0. The Labute approximate surface area is 115 Å². The van der Waals surface area contributed by atoms with Gasteiger partial charge in [0.05, 0.1) is 17.1 Å². The summed E-state index contributed by atoms with van der Waals surface area (Å²) >= 11 is 0. The predicted octanol–water partition coefficient (Wildman–Crippen LogP) is 1.16. The third kappa shape index (κ3) is 1.92. The smallest absolute Gasteiger partial charge is 0.274 e. The first-order valence-electron chi connectivity index (χ1n) is 6.55. The van der Waals surface area contributed by atoms with Gasteiger partial charge in [-0.3, -0.25) is 9.69 Å². The minimum atomic E-state index is -0.560. The highest BCUT2D eigenvalue weighted by Crippen LogP contribution is 2.31. The molecule has 2 heterocycles. The second-order valence-corrected chi connectivity index (χ2v) is 5.23. The van der Waals surface area contributed by atoms with Gasteiger partial charge < -0.3 is 9.67 Å². The lowest BCUT2D eigenvalue weighted by Gasteiger charge is -2.22. The number of hydrogen-bond acceptors (Lipinski definition) is 4. The SMILES string of the molecule is CN1C(O)CCC1c1nc2cc(F)ccc2n(C)c1=O. The molecule has 2 unspecified atom stereocenters. The van der Waals surface area contributed by atoms with E-state index in [0.717, 1.165) is 0 Å². The lowest BCUT2D eigenvalue weighted by Crippen LogP contribution is -2.33. The number of nitrogens with zero attached hydrogens (tertiary/aromatic N) is 3. The molecule has 1 aromatic heterocycles. The van der Waals surface area contributed by atoms with Crippen molar-refractivity contribution in [2.45, 2.75) is 25.1 Å². The van der Waals surface area contributed by atoms with Crippen LogP contribution in [-0.2, 0) is 7.05 Å². The molecule has 0 aliphatic carbocycles. The summed E-state index contributed by atoms with van der Waals surface area (Å²) in [5.41, 5.74) is 1.22. The van der Waals surface area contributed by atoms with Crippen LogP contribution in [-0.4, -0.2) is 32.8 Å². The second-order valence-electron chi connectivity index (χ2n) is 5.23. The Balaban J connectivity index is 2.21. The molecule has 1 N–H and O–H groups in total. The fourth-order valence-electron chi connectivity index (χ4n) is 2.80. The molecule has 3 rings (SSSR count). The Morgan fingerprint density at radius 2 is 2.10 bits per heavy atom. The van der Waals surface area contributed by atoms with E-state index in [4.69, 9.17) is 0 Å². The average Bonchev–Trinajstić information content (AvgIpc) is 2.74. The van der Waals surface area contributed by atoms with Gasteiger partial charge in [0, 0.05) is 13.1 Å². The van der Waals surface area contributed by atoms with Gasteiger partial charge in [-0.15, -0.1) is 0 Å². The molecule has 2 atom stereocenters. The Hall–Kier alpha value is -1.79. The molecular formula is C14H16FN3O2. The van der Waals surface area contributed by atoms with Crippen molar-refractivity contribution in [3.63, 3.8) is 0 Å². The van der Waals surface area contributed by atoms with Crippen LogP contribution in [0.4, 0.5) is 4.39 Å². The number of aliphatic hydroxyl groups is 1. The highest BCUT2D eigenvalue weighted by atomic mass is 19.1. The number of fused-ring (bicyclic) bond motifs is 1. The van der Waals surface area contributed by atoms with Crippen LogP contribution >= 0.6 is 0 Å². The molecule has 5 nitrogen and oxygen atoms in total. The highest BCUT2D eigenvalue weighted by Gasteiger charge is 2.33. The summed E-state index contributed by atoms with van der Waals surface area (Å²) in [4.78, 5) is 18.5. The van der Waals surface area contributed by atoms with E-state index in [2.05, 4.69) is 4.98 Å². The van der Waals surface area contributed by atoms with Crippen molar-refractivity contribution in [2.24, 2.45) is 7.05 Å². The van der Waals surface area contributed by atoms with Crippen LogP contribution in [0.1, 0.15) is 24.6 Å². The second kappa shape index (κ2) is 4.64.